The maximum absolute atomic E-state index is 13.2. The summed E-state index contributed by atoms with van der Waals surface area (Å²) >= 11 is 0. The van der Waals surface area contributed by atoms with Crippen molar-refractivity contribution in [3.05, 3.63) is 66.4 Å². The number of unbranched alkanes of at least 4 members (excludes halogenated alkanes) is 5. The summed E-state index contributed by atoms with van der Waals surface area (Å²) in [6.07, 6.45) is 7.25. The van der Waals surface area contributed by atoms with Crippen LogP contribution in [0, 0.1) is 0 Å². The smallest absolute Gasteiger partial charge is 0.270 e. The molecule has 0 atom stereocenters. The lowest BCUT2D eigenvalue weighted by molar-refractivity contribution is -0.116. The summed E-state index contributed by atoms with van der Waals surface area (Å²) in [7, 11) is 0. The normalized spacial score (nSPS) is 10.9. The van der Waals surface area contributed by atoms with Gasteiger partial charge in [-0.25, -0.2) is 0 Å². The minimum absolute atomic E-state index is 0.0442. The lowest BCUT2D eigenvalue weighted by atomic mass is 10.1. The molecule has 164 valence electrons. The van der Waals surface area contributed by atoms with Crippen LogP contribution >= 0.6 is 0 Å². The Kier molecular flexibility index (Phi) is 8.71. The SMILES string of the molecule is CCCCCCCCN(CCC(=O)Nc1ccccc1)C(=O)c1cc2ccccc2[nH]1. The number of rotatable bonds is 12. The van der Waals surface area contributed by atoms with Crippen LogP contribution < -0.4 is 5.32 Å². The first-order valence-corrected chi connectivity index (χ1v) is 11.4. The maximum Gasteiger partial charge on any atom is 0.270 e. The van der Waals surface area contributed by atoms with Crippen molar-refractivity contribution < 1.29 is 9.59 Å². The van der Waals surface area contributed by atoms with Gasteiger partial charge in [-0.15, -0.1) is 0 Å². The van der Waals surface area contributed by atoms with Gasteiger partial charge in [0, 0.05) is 36.1 Å². The molecule has 0 saturated heterocycles. The molecule has 5 heteroatoms. The van der Waals surface area contributed by atoms with Gasteiger partial charge in [-0.3, -0.25) is 9.59 Å². The van der Waals surface area contributed by atoms with Crippen molar-refractivity contribution in [1.29, 1.82) is 0 Å². The van der Waals surface area contributed by atoms with Crippen LogP contribution in [0.5, 0.6) is 0 Å². The third-order valence-corrected chi connectivity index (χ3v) is 5.50. The van der Waals surface area contributed by atoms with Gasteiger partial charge in [0.05, 0.1) is 0 Å². The molecule has 3 rings (SSSR count). The summed E-state index contributed by atoms with van der Waals surface area (Å²) in [5, 5.41) is 3.92. The summed E-state index contributed by atoms with van der Waals surface area (Å²) in [6, 6.07) is 19.2. The van der Waals surface area contributed by atoms with Gasteiger partial charge in [0.2, 0.25) is 5.91 Å². The first-order chi connectivity index (χ1) is 15.2. The Morgan fingerprint density at radius 2 is 1.58 bits per heavy atom. The van der Waals surface area contributed by atoms with E-state index in [1.165, 1.54) is 25.7 Å². The van der Waals surface area contributed by atoms with Gasteiger partial charge in [0.1, 0.15) is 5.69 Å². The van der Waals surface area contributed by atoms with Gasteiger partial charge in [-0.2, -0.15) is 0 Å². The van der Waals surface area contributed by atoms with E-state index >= 15 is 0 Å². The average Bonchev–Trinajstić information content (AvgIpc) is 3.23. The highest BCUT2D eigenvalue weighted by Gasteiger charge is 2.18. The molecule has 0 aliphatic carbocycles. The molecule has 3 aromatic rings. The number of aromatic nitrogens is 1. The highest BCUT2D eigenvalue weighted by Crippen LogP contribution is 2.17. The average molecular weight is 420 g/mol. The molecule has 0 fully saturated rings. The zero-order valence-electron chi connectivity index (χ0n) is 18.4. The van der Waals surface area contributed by atoms with Gasteiger partial charge >= 0.3 is 0 Å². The van der Waals surface area contributed by atoms with E-state index in [0.29, 0.717) is 18.8 Å². The Balaban J connectivity index is 1.60. The highest BCUT2D eigenvalue weighted by molar-refractivity contribution is 5.98. The zero-order chi connectivity index (χ0) is 21.9. The van der Waals surface area contributed by atoms with E-state index in [9.17, 15) is 9.59 Å². The summed E-state index contributed by atoms with van der Waals surface area (Å²) in [4.78, 5) is 30.7. The number of hydrogen-bond donors (Lipinski definition) is 2. The van der Waals surface area contributed by atoms with Crippen LogP contribution in [-0.2, 0) is 4.79 Å². The lowest BCUT2D eigenvalue weighted by Gasteiger charge is -2.22. The monoisotopic (exact) mass is 419 g/mol. The largest absolute Gasteiger partial charge is 0.351 e. The van der Waals surface area contributed by atoms with Crippen molar-refractivity contribution in [2.75, 3.05) is 18.4 Å². The molecule has 31 heavy (non-hydrogen) atoms. The highest BCUT2D eigenvalue weighted by atomic mass is 16.2. The molecule has 0 unspecified atom stereocenters. The Morgan fingerprint density at radius 1 is 0.871 bits per heavy atom. The number of nitrogens with zero attached hydrogens (tertiary/aromatic N) is 1. The lowest BCUT2D eigenvalue weighted by Crippen LogP contribution is -2.35. The molecular weight excluding hydrogens is 386 g/mol. The minimum atomic E-state index is -0.0800. The van der Waals surface area contributed by atoms with Crippen molar-refractivity contribution in [3.63, 3.8) is 0 Å². The number of carbonyl (C=O) groups excluding carboxylic acids is 2. The van der Waals surface area contributed by atoms with Crippen molar-refractivity contribution in [2.24, 2.45) is 0 Å². The summed E-state index contributed by atoms with van der Waals surface area (Å²) in [5.41, 5.74) is 2.31. The van der Waals surface area contributed by atoms with Crippen molar-refractivity contribution in [1.82, 2.24) is 9.88 Å². The van der Waals surface area contributed by atoms with Crippen LogP contribution in [-0.4, -0.2) is 34.8 Å². The molecule has 0 aliphatic heterocycles. The molecule has 2 N–H and O–H groups in total. The minimum Gasteiger partial charge on any atom is -0.351 e. The number of hydrogen-bond acceptors (Lipinski definition) is 2. The molecule has 0 aliphatic rings. The quantitative estimate of drug-likeness (QED) is 0.354. The van der Waals surface area contributed by atoms with E-state index in [1.807, 2.05) is 65.6 Å². The summed E-state index contributed by atoms with van der Waals surface area (Å²) in [5.74, 6) is -0.124. The second-order valence-electron chi connectivity index (χ2n) is 7.99. The first-order valence-electron chi connectivity index (χ1n) is 11.4. The molecule has 0 bridgehead atoms. The number of anilines is 1. The Hall–Kier alpha value is -3.08. The second kappa shape index (κ2) is 11.9. The molecule has 0 radical (unpaired) electrons. The van der Waals surface area contributed by atoms with Crippen LogP contribution in [0.1, 0.15) is 62.4 Å². The van der Waals surface area contributed by atoms with E-state index in [4.69, 9.17) is 0 Å². The molecule has 0 spiro atoms. The number of H-pyrrole nitrogens is 1. The maximum atomic E-state index is 13.2. The fraction of sp³-hybridized carbons (Fsp3) is 0.385. The van der Waals surface area contributed by atoms with Crippen molar-refractivity contribution >= 4 is 28.4 Å². The van der Waals surface area contributed by atoms with Crippen LogP contribution in [0.25, 0.3) is 10.9 Å². The molecule has 1 heterocycles. The molecule has 0 saturated carbocycles. The number of amides is 2. The predicted molar refractivity (Wildman–Crippen MR) is 127 cm³/mol. The molecule has 2 aromatic carbocycles. The standard InChI is InChI=1S/C26H33N3O2/c1-2-3-4-5-6-12-18-29(19-17-25(30)27-22-14-8-7-9-15-22)26(31)24-20-21-13-10-11-16-23(21)28-24/h7-11,13-16,20,28H,2-6,12,17-19H2,1H3,(H,27,30). The van der Waals surface area contributed by atoms with Crippen LogP contribution in [0.4, 0.5) is 5.69 Å². The van der Waals surface area contributed by atoms with E-state index in [0.717, 1.165) is 29.4 Å². The van der Waals surface area contributed by atoms with E-state index in [2.05, 4.69) is 17.2 Å². The van der Waals surface area contributed by atoms with Gasteiger partial charge in [-0.05, 0) is 30.7 Å². The number of aromatic amines is 1. The number of nitrogens with one attached hydrogen (secondary N) is 2. The van der Waals surface area contributed by atoms with E-state index < -0.39 is 0 Å². The summed E-state index contributed by atoms with van der Waals surface area (Å²) in [6.45, 7) is 3.28. The van der Waals surface area contributed by atoms with Crippen LogP contribution in [0.2, 0.25) is 0 Å². The first kappa shape index (κ1) is 22.6. The number of benzene rings is 2. The van der Waals surface area contributed by atoms with Crippen molar-refractivity contribution in [3.8, 4) is 0 Å². The van der Waals surface area contributed by atoms with E-state index in [-0.39, 0.29) is 18.2 Å². The van der Waals surface area contributed by atoms with Gasteiger partial charge in [-0.1, -0.05) is 75.4 Å². The molecule has 1 aromatic heterocycles. The third kappa shape index (κ3) is 6.99. The Bertz CT molecular complexity index is 932. The van der Waals surface area contributed by atoms with Gasteiger partial charge < -0.3 is 15.2 Å². The number of para-hydroxylation sites is 2. The van der Waals surface area contributed by atoms with Crippen molar-refractivity contribution in [2.45, 2.75) is 51.9 Å². The van der Waals surface area contributed by atoms with Gasteiger partial charge in [0.25, 0.3) is 5.91 Å². The topological polar surface area (TPSA) is 65.2 Å². The van der Waals surface area contributed by atoms with Crippen LogP contribution in [0.3, 0.4) is 0 Å². The fourth-order valence-corrected chi connectivity index (χ4v) is 3.74. The zero-order valence-corrected chi connectivity index (χ0v) is 18.4. The Labute approximate surface area is 184 Å². The molecule has 5 nitrogen and oxygen atoms in total. The second-order valence-corrected chi connectivity index (χ2v) is 7.99. The Morgan fingerprint density at radius 3 is 2.35 bits per heavy atom. The number of carbonyl (C=O) groups is 2. The molecular formula is C26H33N3O2. The fourth-order valence-electron chi connectivity index (χ4n) is 3.74. The van der Waals surface area contributed by atoms with E-state index in [1.54, 1.807) is 0 Å². The third-order valence-electron chi connectivity index (χ3n) is 5.50. The molecule has 2 amide bonds. The predicted octanol–water partition coefficient (Wildman–Crippen LogP) is 6.00. The van der Waals surface area contributed by atoms with Crippen LogP contribution in [0.15, 0.2) is 60.7 Å². The summed E-state index contributed by atoms with van der Waals surface area (Å²) < 4.78 is 0. The van der Waals surface area contributed by atoms with Gasteiger partial charge in [0.15, 0.2) is 0 Å². The number of fused-ring (bicyclic) bond motifs is 1.